The lowest BCUT2D eigenvalue weighted by molar-refractivity contribution is -0.123. The van der Waals surface area contributed by atoms with E-state index in [0.717, 1.165) is 5.56 Å². The number of nitrogens with two attached hydrogens (primary N) is 1. The van der Waals surface area contributed by atoms with Crippen LogP contribution in [-0.2, 0) is 9.53 Å². The van der Waals surface area contributed by atoms with Gasteiger partial charge in [0.15, 0.2) is 6.10 Å². The molecule has 2 aromatic carbocycles. The van der Waals surface area contributed by atoms with E-state index in [-0.39, 0.29) is 0 Å². The fourth-order valence-corrected chi connectivity index (χ4v) is 2.02. The highest BCUT2D eigenvalue weighted by molar-refractivity contribution is 5.98. The van der Waals surface area contributed by atoms with Crippen LogP contribution in [0.3, 0.4) is 0 Å². The molecule has 2 amide bonds. The van der Waals surface area contributed by atoms with Crippen molar-refractivity contribution in [2.75, 3.05) is 5.32 Å². The molecule has 0 radical (unpaired) electrons. The fourth-order valence-electron chi connectivity index (χ4n) is 2.02. The molecule has 124 valence electrons. The van der Waals surface area contributed by atoms with E-state index in [9.17, 15) is 14.4 Å². The number of rotatable bonds is 5. The maximum absolute atomic E-state index is 12.1. The van der Waals surface area contributed by atoms with Crippen molar-refractivity contribution in [3.05, 3.63) is 65.2 Å². The first-order valence-electron chi connectivity index (χ1n) is 7.35. The normalized spacial score (nSPS) is 11.4. The van der Waals surface area contributed by atoms with E-state index in [1.807, 2.05) is 13.0 Å². The number of carbonyl (C=O) groups excluding carboxylic acids is 3. The van der Waals surface area contributed by atoms with Gasteiger partial charge in [0, 0.05) is 11.3 Å². The Labute approximate surface area is 139 Å². The zero-order valence-corrected chi connectivity index (χ0v) is 13.4. The Morgan fingerprint density at radius 3 is 2.29 bits per heavy atom. The van der Waals surface area contributed by atoms with E-state index in [4.69, 9.17) is 10.5 Å². The summed E-state index contributed by atoms with van der Waals surface area (Å²) in [6, 6.07) is 13.0. The Bertz CT molecular complexity index is 769. The lowest BCUT2D eigenvalue weighted by Gasteiger charge is -2.14. The number of anilines is 1. The molecule has 0 saturated heterocycles. The number of hydrogen-bond donors (Lipinski definition) is 2. The first kappa shape index (κ1) is 17.2. The number of benzene rings is 2. The third-order valence-electron chi connectivity index (χ3n) is 3.34. The topological polar surface area (TPSA) is 98.5 Å². The number of amides is 2. The van der Waals surface area contributed by atoms with Crippen LogP contribution in [0.2, 0.25) is 0 Å². The van der Waals surface area contributed by atoms with Crippen molar-refractivity contribution < 1.29 is 19.1 Å². The monoisotopic (exact) mass is 326 g/mol. The van der Waals surface area contributed by atoms with Gasteiger partial charge in [0.25, 0.3) is 5.91 Å². The first-order valence-corrected chi connectivity index (χ1v) is 7.35. The molecule has 6 nitrogen and oxygen atoms in total. The summed E-state index contributed by atoms with van der Waals surface area (Å²) in [7, 11) is 0. The average molecular weight is 326 g/mol. The molecular weight excluding hydrogens is 308 g/mol. The number of ether oxygens (including phenoxy) is 1. The van der Waals surface area contributed by atoms with Crippen molar-refractivity contribution in [3.63, 3.8) is 0 Å². The maximum Gasteiger partial charge on any atom is 0.338 e. The lowest BCUT2D eigenvalue weighted by atomic mass is 10.1. The summed E-state index contributed by atoms with van der Waals surface area (Å²) < 4.78 is 5.16. The molecule has 0 heterocycles. The minimum atomic E-state index is -0.964. The molecule has 6 heteroatoms. The summed E-state index contributed by atoms with van der Waals surface area (Å²) in [5.74, 6) is -1.58. The molecule has 24 heavy (non-hydrogen) atoms. The summed E-state index contributed by atoms with van der Waals surface area (Å²) in [5, 5.41) is 2.61. The molecule has 0 fully saturated rings. The van der Waals surface area contributed by atoms with Gasteiger partial charge >= 0.3 is 5.97 Å². The molecule has 0 bridgehead atoms. The van der Waals surface area contributed by atoms with Gasteiger partial charge in [-0.05, 0) is 50.2 Å². The molecular formula is C18H18N2O4. The summed E-state index contributed by atoms with van der Waals surface area (Å²) in [6.45, 7) is 3.35. The first-order chi connectivity index (χ1) is 11.4. The Morgan fingerprint density at radius 1 is 1.04 bits per heavy atom. The van der Waals surface area contributed by atoms with E-state index in [2.05, 4.69) is 5.32 Å². The largest absolute Gasteiger partial charge is 0.449 e. The molecule has 0 aromatic heterocycles. The number of nitrogens with one attached hydrogen (secondary N) is 1. The van der Waals surface area contributed by atoms with E-state index < -0.39 is 23.9 Å². The number of aryl methyl sites for hydroxylation is 1. The van der Waals surface area contributed by atoms with Crippen molar-refractivity contribution in [1.82, 2.24) is 0 Å². The van der Waals surface area contributed by atoms with Gasteiger partial charge in [-0.1, -0.05) is 17.7 Å². The molecule has 0 unspecified atom stereocenters. The van der Waals surface area contributed by atoms with Crippen molar-refractivity contribution >= 4 is 23.5 Å². The second-order valence-electron chi connectivity index (χ2n) is 5.35. The SMILES string of the molecule is Cc1cccc(C(=O)O[C@H](C)C(=O)Nc2ccc(C(N)=O)cc2)c1. The van der Waals surface area contributed by atoms with Crippen molar-refractivity contribution in [3.8, 4) is 0 Å². The Hall–Kier alpha value is -3.15. The van der Waals surface area contributed by atoms with Crippen LogP contribution in [0.5, 0.6) is 0 Å². The highest BCUT2D eigenvalue weighted by atomic mass is 16.5. The van der Waals surface area contributed by atoms with E-state index in [1.54, 1.807) is 30.3 Å². The zero-order chi connectivity index (χ0) is 17.7. The van der Waals surface area contributed by atoms with Gasteiger partial charge in [0.2, 0.25) is 5.91 Å². The number of esters is 1. The number of hydrogen-bond acceptors (Lipinski definition) is 4. The molecule has 1 atom stereocenters. The predicted octanol–water partition coefficient (Wildman–Crippen LogP) is 2.28. The van der Waals surface area contributed by atoms with Crippen molar-refractivity contribution in [2.45, 2.75) is 20.0 Å². The minimum Gasteiger partial charge on any atom is -0.449 e. The second-order valence-corrected chi connectivity index (χ2v) is 5.35. The van der Waals surface area contributed by atoms with Crippen LogP contribution in [0.4, 0.5) is 5.69 Å². The summed E-state index contributed by atoms with van der Waals surface area (Å²) in [5.41, 5.74) is 7.28. The van der Waals surface area contributed by atoms with Crippen LogP contribution >= 0.6 is 0 Å². The Morgan fingerprint density at radius 2 is 1.71 bits per heavy atom. The molecule has 0 aliphatic carbocycles. The molecule has 2 rings (SSSR count). The van der Waals surface area contributed by atoms with Gasteiger partial charge in [0.05, 0.1) is 5.56 Å². The second kappa shape index (κ2) is 7.41. The summed E-state index contributed by atoms with van der Waals surface area (Å²) in [4.78, 5) is 35.1. The highest BCUT2D eigenvalue weighted by Crippen LogP contribution is 2.11. The summed E-state index contributed by atoms with van der Waals surface area (Å²) in [6.07, 6.45) is -0.964. The fraction of sp³-hybridized carbons (Fsp3) is 0.167. The van der Waals surface area contributed by atoms with Gasteiger partial charge in [-0.2, -0.15) is 0 Å². The standard InChI is InChI=1S/C18H18N2O4/c1-11-4-3-5-14(10-11)18(23)24-12(2)17(22)20-15-8-6-13(7-9-15)16(19)21/h3-10,12H,1-2H3,(H2,19,21)(H,20,22)/t12-/m1/s1. The smallest absolute Gasteiger partial charge is 0.338 e. The molecule has 0 aliphatic rings. The van der Waals surface area contributed by atoms with Crippen LogP contribution in [0, 0.1) is 6.92 Å². The average Bonchev–Trinajstić information content (AvgIpc) is 2.55. The Kier molecular flexibility index (Phi) is 5.31. The van der Waals surface area contributed by atoms with Gasteiger partial charge in [0.1, 0.15) is 0 Å². The van der Waals surface area contributed by atoms with E-state index in [1.165, 1.54) is 19.1 Å². The molecule has 0 saturated carbocycles. The zero-order valence-electron chi connectivity index (χ0n) is 13.4. The lowest BCUT2D eigenvalue weighted by Crippen LogP contribution is -2.30. The van der Waals surface area contributed by atoms with Crippen LogP contribution in [0.15, 0.2) is 48.5 Å². The molecule has 3 N–H and O–H groups in total. The van der Waals surface area contributed by atoms with Gasteiger partial charge < -0.3 is 15.8 Å². The van der Waals surface area contributed by atoms with Crippen LogP contribution in [0.1, 0.15) is 33.2 Å². The van der Waals surface area contributed by atoms with Crippen LogP contribution in [-0.4, -0.2) is 23.9 Å². The van der Waals surface area contributed by atoms with Gasteiger partial charge in [-0.25, -0.2) is 4.79 Å². The minimum absolute atomic E-state index is 0.340. The van der Waals surface area contributed by atoms with Crippen LogP contribution in [0.25, 0.3) is 0 Å². The quantitative estimate of drug-likeness (QED) is 0.823. The predicted molar refractivity (Wildman–Crippen MR) is 89.6 cm³/mol. The van der Waals surface area contributed by atoms with Crippen LogP contribution < -0.4 is 11.1 Å². The highest BCUT2D eigenvalue weighted by Gasteiger charge is 2.19. The molecule has 2 aromatic rings. The molecule has 0 spiro atoms. The maximum atomic E-state index is 12.1. The molecule has 0 aliphatic heterocycles. The Balaban J connectivity index is 1.96. The van der Waals surface area contributed by atoms with E-state index in [0.29, 0.717) is 16.8 Å². The van der Waals surface area contributed by atoms with Crippen molar-refractivity contribution in [2.24, 2.45) is 5.73 Å². The van der Waals surface area contributed by atoms with E-state index >= 15 is 0 Å². The number of carbonyl (C=O) groups is 3. The third kappa shape index (κ3) is 4.42. The van der Waals surface area contributed by atoms with Crippen molar-refractivity contribution in [1.29, 1.82) is 0 Å². The van der Waals surface area contributed by atoms with Gasteiger partial charge in [-0.15, -0.1) is 0 Å². The third-order valence-corrected chi connectivity index (χ3v) is 3.34. The summed E-state index contributed by atoms with van der Waals surface area (Å²) >= 11 is 0. The van der Waals surface area contributed by atoms with Gasteiger partial charge in [-0.3, -0.25) is 9.59 Å². The number of primary amides is 1.